The normalized spacial score (nSPS) is 15.2. The third-order valence-electron chi connectivity index (χ3n) is 4.93. The van der Waals surface area contributed by atoms with Crippen LogP contribution in [0.3, 0.4) is 0 Å². The molecular formula is C23H25F3N6O4. The summed E-state index contributed by atoms with van der Waals surface area (Å²) in [5.41, 5.74) is 0.888. The first-order valence-corrected chi connectivity index (χ1v) is 10.8. The Kier molecular flexibility index (Phi) is 9.47. The van der Waals surface area contributed by atoms with Gasteiger partial charge >= 0.3 is 6.61 Å². The highest BCUT2D eigenvalue weighted by Gasteiger charge is 2.23. The maximum Gasteiger partial charge on any atom is 0.387 e. The molecule has 3 aromatic rings. The van der Waals surface area contributed by atoms with Crippen LogP contribution in [0.1, 0.15) is 17.4 Å². The summed E-state index contributed by atoms with van der Waals surface area (Å²) in [6, 6.07) is 7.17. The molecule has 10 nitrogen and oxygen atoms in total. The number of carbonyl (C=O) groups excluding carboxylic acids is 1. The van der Waals surface area contributed by atoms with E-state index in [4.69, 9.17) is 4.74 Å². The van der Waals surface area contributed by atoms with Crippen LogP contribution in [0.15, 0.2) is 36.5 Å². The van der Waals surface area contributed by atoms with Crippen molar-refractivity contribution in [2.75, 3.05) is 44.2 Å². The van der Waals surface area contributed by atoms with E-state index in [0.717, 1.165) is 6.20 Å². The molecule has 1 aliphatic heterocycles. The van der Waals surface area contributed by atoms with Gasteiger partial charge in [-0.15, -0.1) is 10.2 Å². The molecule has 1 aliphatic rings. The number of methoxy groups -OCH3 is 1. The van der Waals surface area contributed by atoms with Crippen molar-refractivity contribution in [1.82, 2.24) is 20.2 Å². The molecule has 36 heavy (non-hydrogen) atoms. The third kappa shape index (κ3) is 6.86. The molecule has 0 amide bonds. The van der Waals surface area contributed by atoms with E-state index in [-0.39, 0.29) is 29.1 Å². The van der Waals surface area contributed by atoms with E-state index in [1.807, 2.05) is 11.8 Å². The lowest BCUT2D eigenvalue weighted by Gasteiger charge is -2.33. The maximum atomic E-state index is 14.4. The van der Waals surface area contributed by atoms with Crippen LogP contribution in [0.4, 0.5) is 30.8 Å². The first-order chi connectivity index (χ1) is 17.4. The zero-order valence-corrected chi connectivity index (χ0v) is 19.8. The molecule has 1 aromatic carbocycles. The van der Waals surface area contributed by atoms with E-state index >= 15 is 0 Å². The molecule has 3 heterocycles. The lowest BCUT2D eigenvalue weighted by Crippen LogP contribution is -2.44. The first-order valence-electron chi connectivity index (χ1n) is 10.8. The SMILES string of the molecule is CC1COCCN1c1ncc(F)c(Nc2cc(-c3ccc(OC(F)F)cc3)c(C=O)nn2)n1.COC. The average molecular weight is 506 g/mol. The molecule has 0 aliphatic carbocycles. The molecule has 1 fully saturated rings. The highest BCUT2D eigenvalue weighted by molar-refractivity contribution is 5.86. The Bertz CT molecular complexity index is 1150. The van der Waals surface area contributed by atoms with Gasteiger partial charge in [0.2, 0.25) is 5.95 Å². The molecule has 192 valence electrons. The van der Waals surface area contributed by atoms with Crippen molar-refractivity contribution in [3.05, 3.63) is 48.0 Å². The fourth-order valence-electron chi connectivity index (χ4n) is 3.33. The fraction of sp³-hybridized carbons (Fsp3) is 0.348. The minimum atomic E-state index is -2.95. The second-order valence-electron chi connectivity index (χ2n) is 7.57. The maximum absolute atomic E-state index is 14.4. The van der Waals surface area contributed by atoms with E-state index in [1.165, 1.54) is 30.3 Å². The number of rotatable bonds is 7. The summed E-state index contributed by atoms with van der Waals surface area (Å²) >= 11 is 0. The predicted octanol–water partition coefficient (Wildman–Crippen LogP) is 3.72. The van der Waals surface area contributed by atoms with Crippen molar-refractivity contribution in [2.24, 2.45) is 0 Å². The van der Waals surface area contributed by atoms with E-state index in [1.54, 1.807) is 14.2 Å². The number of hydrogen-bond donors (Lipinski definition) is 1. The predicted molar refractivity (Wildman–Crippen MR) is 125 cm³/mol. The monoisotopic (exact) mass is 506 g/mol. The van der Waals surface area contributed by atoms with Gasteiger partial charge in [0.25, 0.3) is 0 Å². The summed E-state index contributed by atoms with van der Waals surface area (Å²) in [6.07, 6.45) is 1.57. The number of hydrogen-bond acceptors (Lipinski definition) is 10. The minimum Gasteiger partial charge on any atom is -0.435 e. The van der Waals surface area contributed by atoms with Crippen LogP contribution < -0.4 is 15.0 Å². The third-order valence-corrected chi connectivity index (χ3v) is 4.93. The lowest BCUT2D eigenvalue weighted by molar-refractivity contribution is -0.0498. The molecule has 0 spiro atoms. The first kappa shape index (κ1) is 26.8. The number of morpholine rings is 1. The Morgan fingerprint density at radius 2 is 1.94 bits per heavy atom. The topological polar surface area (TPSA) is 112 Å². The van der Waals surface area contributed by atoms with Crippen LogP contribution >= 0.6 is 0 Å². The second-order valence-corrected chi connectivity index (χ2v) is 7.57. The summed E-state index contributed by atoms with van der Waals surface area (Å²) in [7, 11) is 3.25. The van der Waals surface area contributed by atoms with Crippen LogP contribution in [0.25, 0.3) is 11.1 Å². The van der Waals surface area contributed by atoms with Crippen molar-refractivity contribution in [3.63, 3.8) is 0 Å². The minimum absolute atomic E-state index is 0.0207. The van der Waals surface area contributed by atoms with Gasteiger partial charge in [0.15, 0.2) is 23.7 Å². The van der Waals surface area contributed by atoms with Gasteiger partial charge in [0, 0.05) is 26.3 Å². The molecule has 0 bridgehead atoms. The van der Waals surface area contributed by atoms with Gasteiger partial charge in [-0.2, -0.15) is 13.8 Å². The molecule has 1 saturated heterocycles. The number of nitrogens with one attached hydrogen (secondary N) is 1. The van der Waals surface area contributed by atoms with Crippen molar-refractivity contribution < 1.29 is 32.2 Å². The van der Waals surface area contributed by atoms with Crippen molar-refractivity contribution in [1.29, 1.82) is 0 Å². The number of anilines is 3. The van der Waals surface area contributed by atoms with Crippen LogP contribution in [0.5, 0.6) is 5.75 Å². The zero-order chi connectivity index (χ0) is 26.1. The second kappa shape index (κ2) is 12.7. The van der Waals surface area contributed by atoms with Gasteiger partial charge in [-0.3, -0.25) is 4.79 Å². The number of alkyl halides is 2. The molecule has 4 rings (SSSR count). The summed E-state index contributed by atoms with van der Waals surface area (Å²) in [6.45, 7) is 0.582. The van der Waals surface area contributed by atoms with Crippen molar-refractivity contribution in [2.45, 2.75) is 19.6 Å². The average Bonchev–Trinajstić information content (AvgIpc) is 2.86. The van der Waals surface area contributed by atoms with Gasteiger partial charge < -0.3 is 24.4 Å². The molecule has 2 aromatic heterocycles. The summed E-state index contributed by atoms with van der Waals surface area (Å²) < 4.78 is 53.2. The van der Waals surface area contributed by atoms with Crippen molar-refractivity contribution >= 4 is 23.9 Å². The van der Waals surface area contributed by atoms with Crippen LogP contribution in [0.2, 0.25) is 0 Å². The highest BCUT2D eigenvalue weighted by atomic mass is 19.3. The molecule has 0 radical (unpaired) electrons. The largest absolute Gasteiger partial charge is 0.435 e. The molecule has 0 saturated carbocycles. The molecule has 1 atom stereocenters. The highest BCUT2D eigenvalue weighted by Crippen LogP contribution is 2.28. The van der Waals surface area contributed by atoms with Crippen molar-refractivity contribution in [3.8, 4) is 16.9 Å². The number of aldehydes is 1. The van der Waals surface area contributed by atoms with Crippen LogP contribution in [0, 0.1) is 5.82 Å². The Morgan fingerprint density at radius 1 is 1.22 bits per heavy atom. The smallest absolute Gasteiger partial charge is 0.387 e. The standard InChI is InChI=1S/C21H19F3N6O3.C2H6O/c1-12-11-32-7-6-30(12)21-25-9-16(22)19(27-21)26-18-8-15(17(10-31)28-29-18)13-2-4-14(5-3-13)33-20(23)24;1-3-2/h2-5,8-10,12,20H,6-7,11H2,1H3,(H,25,26,27,29);1-2H3. The van der Waals surface area contributed by atoms with Gasteiger partial charge in [0.05, 0.1) is 25.5 Å². The van der Waals surface area contributed by atoms with E-state index < -0.39 is 12.4 Å². The Labute approximate surface area is 205 Å². The quantitative estimate of drug-likeness (QED) is 0.476. The van der Waals surface area contributed by atoms with Gasteiger partial charge in [-0.05, 0) is 30.7 Å². The number of halogens is 3. The number of aromatic nitrogens is 4. The number of ether oxygens (including phenoxy) is 3. The van der Waals surface area contributed by atoms with E-state index in [9.17, 15) is 18.0 Å². The lowest BCUT2D eigenvalue weighted by atomic mass is 10.0. The molecule has 1 N–H and O–H groups in total. The Morgan fingerprint density at radius 3 is 2.58 bits per heavy atom. The van der Waals surface area contributed by atoms with Gasteiger partial charge in [-0.1, -0.05) is 12.1 Å². The zero-order valence-electron chi connectivity index (χ0n) is 19.8. The van der Waals surface area contributed by atoms with E-state index in [0.29, 0.717) is 43.1 Å². The number of nitrogens with zero attached hydrogens (tertiary/aromatic N) is 5. The summed E-state index contributed by atoms with van der Waals surface area (Å²) in [5.74, 6) is -0.381. The fourth-order valence-corrected chi connectivity index (χ4v) is 3.33. The van der Waals surface area contributed by atoms with Crippen LogP contribution in [-0.4, -0.2) is 73.1 Å². The Balaban J connectivity index is 0.00000115. The number of benzene rings is 1. The van der Waals surface area contributed by atoms with Gasteiger partial charge in [-0.25, -0.2) is 9.37 Å². The van der Waals surface area contributed by atoms with Crippen LogP contribution in [-0.2, 0) is 9.47 Å². The van der Waals surface area contributed by atoms with Gasteiger partial charge in [0.1, 0.15) is 11.4 Å². The Hall–Kier alpha value is -3.84. The summed E-state index contributed by atoms with van der Waals surface area (Å²) in [5, 5.41) is 10.5. The summed E-state index contributed by atoms with van der Waals surface area (Å²) in [4.78, 5) is 21.7. The van der Waals surface area contributed by atoms with E-state index in [2.05, 4.69) is 35.0 Å². The molecule has 1 unspecified atom stereocenters. The number of carbonyl (C=O) groups is 1. The molecule has 13 heteroatoms. The molecular weight excluding hydrogens is 481 g/mol.